The molecule has 2 atom stereocenters. The lowest BCUT2D eigenvalue weighted by molar-refractivity contribution is -0.140. The zero-order valence-corrected chi connectivity index (χ0v) is 13.8. The predicted molar refractivity (Wildman–Crippen MR) is 89.4 cm³/mol. The normalized spacial score (nSPS) is 24.6. The van der Waals surface area contributed by atoms with Crippen molar-refractivity contribution >= 4 is 29.2 Å². The van der Waals surface area contributed by atoms with Gasteiger partial charge in [0.1, 0.15) is 0 Å². The van der Waals surface area contributed by atoms with Gasteiger partial charge in [-0.3, -0.25) is 14.4 Å². The van der Waals surface area contributed by atoms with Crippen LogP contribution in [0.3, 0.4) is 0 Å². The number of benzene rings is 1. The van der Waals surface area contributed by atoms with Gasteiger partial charge in [0.15, 0.2) is 0 Å². The molecule has 6 nitrogen and oxygen atoms in total. The van der Waals surface area contributed by atoms with Crippen LogP contribution < -0.4 is 10.6 Å². The number of nitrogens with one attached hydrogen (secondary N) is 2. The molecule has 0 spiro atoms. The fourth-order valence-corrected chi connectivity index (χ4v) is 3.36. The molecule has 2 saturated carbocycles. The molecule has 0 saturated heterocycles. The number of hydrogen-bond donors (Lipinski definition) is 3. The second-order valence-corrected chi connectivity index (χ2v) is 7.30. The summed E-state index contributed by atoms with van der Waals surface area (Å²) in [4.78, 5) is 35.3. The molecule has 3 rings (SSSR count). The molecule has 0 radical (unpaired) electrons. The molecular formula is C18H22N2O4. The molecule has 0 aliphatic heterocycles. The van der Waals surface area contributed by atoms with Gasteiger partial charge in [-0.25, -0.2) is 0 Å². The molecule has 1 aromatic rings. The van der Waals surface area contributed by atoms with Crippen molar-refractivity contribution in [2.45, 2.75) is 33.1 Å². The maximum Gasteiger partial charge on any atom is 0.307 e. The second kappa shape index (κ2) is 5.92. The molecule has 24 heavy (non-hydrogen) atoms. The van der Waals surface area contributed by atoms with E-state index in [2.05, 4.69) is 10.6 Å². The molecule has 2 aliphatic carbocycles. The van der Waals surface area contributed by atoms with E-state index in [-0.39, 0.29) is 17.7 Å². The fraction of sp³-hybridized carbons (Fsp3) is 0.500. The quantitative estimate of drug-likeness (QED) is 0.773. The van der Waals surface area contributed by atoms with Crippen molar-refractivity contribution in [3.8, 4) is 0 Å². The predicted octanol–water partition coefficient (Wildman–Crippen LogP) is 2.72. The molecule has 6 heteroatoms. The second-order valence-electron chi connectivity index (χ2n) is 7.30. The number of rotatable bonds is 5. The van der Waals surface area contributed by atoms with Crippen LogP contribution >= 0.6 is 0 Å². The summed E-state index contributed by atoms with van der Waals surface area (Å²) in [7, 11) is 0. The van der Waals surface area contributed by atoms with E-state index in [1.807, 2.05) is 0 Å². The molecule has 2 aliphatic rings. The fourth-order valence-electron chi connectivity index (χ4n) is 3.36. The van der Waals surface area contributed by atoms with Crippen LogP contribution in [0.2, 0.25) is 0 Å². The van der Waals surface area contributed by atoms with E-state index in [9.17, 15) is 14.4 Å². The smallest absolute Gasteiger partial charge is 0.307 e. The third-order valence-electron chi connectivity index (χ3n) is 5.27. The summed E-state index contributed by atoms with van der Waals surface area (Å²) < 4.78 is 0. The van der Waals surface area contributed by atoms with Crippen LogP contribution in [-0.2, 0) is 14.4 Å². The Bertz CT molecular complexity index is 677. The molecule has 3 N–H and O–H groups in total. The number of anilines is 2. The Morgan fingerprint density at radius 2 is 1.46 bits per heavy atom. The first-order chi connectivity index (χ1) is 11.3. The summed E-state index contributed by atoms with van der Waals surface area (Å²) in [6, 6.07) is 6.89. The highest BCUT2D eigenvalue weighted by Crippen LogP contribution is 2.58. The number of carbonyl (C=O) groups excluding carboxylic acids is 2. The molecule has 1 aromatic carbocycles. The van der Waals surface area contributed by atoms with E-state index in [0.717, 1.165) is 19.3 Å². The Hall–Kier alpha value is -2.37. The van der Waals surface area contributed by atoms with Crippen molar-refractivity contribution in [2.24, 2.45) is 23.2 Å². The minimum Gasteiger partial charge on any atom is -0.481 e. The summed E-state index contributed by atoms with van der Waals surface area (Å²) in [5, 5.41) is 14.8. The van der Waals surface area contributed by atoms with E-state index in [4.69, 9.17) is 5.11 Å². The summed E-state index contributed by atoms with van der Waals surface area (Å²) in [6.45, 7) is 3.57. The lowest BCUT2D eigenvalue weighted by Crippen LogP contribution is -2.28. The molecule has 2 fully saturated rings. The van der Waals surface area contributed by atoms with Crippen LogP contribution in [0.25, 0.3) is 0 Å². The van der Waals surface area contributed by atoms with Gasteiger partial charge in [0, 0.05) is 17.3 Å². The van der Waals surface area contributed by atoms with Gasteiger partial charge in [-0.15, -0.1) is 0 Å². The van der Waals surface area contributed by atoms with Crippen molar-refractivity contribution in [2.75, 3.05) is 10.6 Å². The monoisotopic (exact) mass is 330 g/mol. The molecule has 0 heterocycles. The SMILES string of the molecule is CC1(C)C(C(=O)O)C1C(=O)Nc1ccc(NC(=O)C2CCC2)cc1. The van der Waals surface area contributed by atoms with Gasteiger partial charge < -0.3 is 15.7 Å². The van der Waals surface area contributed by atoms with Gasteiger partial charge in [0.05, 0.1) is 11.8 Å². The van der Waals surface area contributed by atoms with E-state index >= 15 is 0 Å². The number of carbonyl (C=O) groups is 3. The molecule has 2 amide bonds. The van der Waals surface area contributed by atoms with Crippen LogP contribution in [0, 0.1) is 23.2 Å². The standard InChI is InChI=1S/C18H22N2O4/c1-18(2)13(14(18)17(23)24)16(22)20-12-8-6-11(7-9-12)19-15(21)10-4-3-5-10/h6-10,13-14H,3-5H2,1-2H3,(H,19,21)(H,20,22)(H,23,24). The first-order valence-electron chi connectivity index (χ1n) is 8.25. The lowest BCUT2D eigenvalue weighted by Gasteiger charge is -2.24. The van der Waals surface area contributed by atoms with Gasteiger partial charge in [0.25, 0.3) is 0 Å². The first kappa shape index (κ1) is 16.5. The third kappa shape index (κ3) is 3.00. The number of hydrogen-bond acceptors (Lipinski definition) is 3. The minimum absolute atomic E-state index is 0.0436. The van der Waals surface area contributed by atoms with Gasteiger partial charge >= 0.3 is 5.97 Å². The number of amides is 2. The third-order valence-corrected chi connectivity index (χ3v) is 5.27. The highest BCUT2D eigenvalue weighted by molar-refractivity contribution is 6.00. The van der Waals surface area contributed by atoms with Crippen LogP contribution in [0.4, 0.5) is 11.4 Å². The average molecular weight is 330 g/mol. The Kier molecular flexibility index (Phi) is 4.07. The Morgan fingerprint density at radius 1 is 0.958 bits per heavy atom. The minimum atomic E-state index is -0.936. The largest absolute Gasteiger partial charge is 0.481 e. The van der Waals surface area contributed by atoms with Crippen molar-refractivity contribution in [1.82, 2.24) is 0 Å². The maximum absolute atomic E-state index is 12.3. The molecule has 0 aromatic heterocycles. The van der Waals surface area contributed by atoms with Crippen molar-refractivity contribution in [3.05, 3.63) is 24.3 Å². The van der Waals surface area contributed by atoms with Crippen molar-refractivity contribution in [3.63, 3.8) is 0 Å². The summed E-state index contributed by atoms with van der Waals surface area (Å²) in [6.07, 6.45) is 3.00. The first-order valence-corrected chi connectivity index (χ1v) is 8.25. The van der Waals surface area contributed by atoms with E-state index in [1.54, 1.807) is 38.1 Å². The highest BCUT2D eigenvalue weighted by Gasteiger charge is 2.65. The molecule has 128 valence electrons. The number of carboxylic acids is 1. The van der Waals surface area contributed by atoms with Gasteiger partial charge in [0.2, 0.25) is 11.8 Å². The van der Waals surface area contributed by atoms with E-state index in [0.29, 0.717) is 11.4 Å². The zero-order chi connectivity index (χ0) is 17.5. The van der Waals surface area contributed by atoms with Crippen LogP contribution in [0.1, 0.15) is 33.1 Å². The number of aliphatic carboxylic acids is 1. The van der Waals surface area contributed by atoms with Crippen LogP contribution in [-0.4, -0.2) is 22.9 Å². The Morgan fingerprint density at radius 3 is 1.83 bits per heavy atom. The average Bonchev–Trinajstić information content (AvgIpc) is 3.02. The highest BCUT2D eigenvalue weighted by atomic mass is 16.4. The Balaban J connectivity index is 1.57. The van der Waals surface area contributed by atoms with Crippen LogP contribution in [0.15, 0.2) is 24.3 Å². The van der Waals surface area contributed by atoms with Crippen molar-refractivity contribution in [1.29, 1.82) is 0 Å². The van der Waals surface area contributed by atoms with Gasteiger partial charge in [-0.05, 0) is 42.5 Å². The molecular weight excluding hydrogens is 308 g/mol. The van der Waals surface area contributed by atoms with E-state index in [1.165, 1.54) is 0 Å². The topological polar surface area (TPSA) is 95.5 Å². The van der Waals surface area contributed by atoms with E-state index < -0.39 is 23.2 Å². The Labute approximate surface area is 140 Å². The van der Waals surface area contributed by atoms with Gasteiger partial charge in [-0.2, -0.15) is 0 Å². The number of carboxylic acid groups (broad SMARTS) is 1. The van der Waals surface area contributed by atoms with Crippen molar-refractivity contribution < 1.29 is 19.5 Å². The summed E-state index contributed by atoms with van der Waals surface area (Å²) in [5.74, 6) is -2.21. The summed E-state index contributed by atoms with van der Waals surface area (Å²) in [5.41, 5.74) is 0.764. The lowest BCUT2D eigenvalue weighted by atomic mass is 9.85. The van der Waals surface area contributed by atoms with Gasteiger partial charge in [-0.1, -0.05) is 20.3 Å². The molecule has 2 unspecified atom stereocenters. The zero-order valence-electron chi connectivity index (χ0n) is 13.8. The van der Waals surface area contributed by atoms with Crippen LogP contribution in [0.5, 0.6) is 0 Å². The maximum atomic E-state index is 12.3. The summed E-state index contributed by atoms with van der Waals surface area (Å²) >= 11 is 0. The molecule has 0 bridgehead atoms.